The van der Waals surface area contributed by atoms with Crippen LogP contribution in [0.2, 0.25) is 10.0 Å². The van der Waals surface area contributed by atoms with Crippen LogP contribution in [0.1, 0.15) is 35.0 Å². The number of halogens is 2. The number of carboxylic acid groups (broad SMARTS) is 1. The van der Waals surface area contributed by atoms with Crippen LogP contribution in [0.25, 0.3) is 22.5 Å². The summed E-state index contributed by atoms with van der Waals surface area (Å²) >= 11 is 13.7. The van der Waals surface area contributed by atoms with E-state index in [0.29, 0.717) is 26.4 Å². The summed E-state index contributed by atoms with van der Waals surface area (Å²) in [5, 5.41) is 14.3. The normalized spacial score (nSPS) is 11.0. The van der Waals surface area contributed by atoms with E-state index in [1.807, 2.05) is 12.1 Å². The van der Waals surface area contributed by atoms with Crippen LogP contribution in [0.4, 0.5) is 10.9 Å². The first kappa shape index (κ1) is 22.2. The van der Waals surface area contributed by atoms with Gasteiger partial charge in [-0.25, -0.2) is 14.8 Å². The molecule has 0 fully saturated rings. The summed E-state index contributed by atoms with van der Waals surface area (Å²) in [5.74, 6) is -0.684. The van der Waals surface area contributed by atoms with E-state index in [2.05, 4.69) is 29.1 Å². The van der Waals surface area contributed by atoms with Gasteiger partial charge in [-0.3, -0.25) is 4.98 Å². The molecule has 162 valence electrons. The van der Waals surface area contributed by atoms with Gasteiger partial charge in [0.1, 0.15) is 11.4 Å². The van der Waals surface area contributed by atoms with Gasteiger partial charge < -0.3 is 10.4 Å². The van der Waals surface area contributed by atoms with E-state index in [-0.39, 0.29) is 17.3 Å². The van der Waals surface area contributed by atoms with Crippen LogP contribution >= 0.6 is 34.5 Å². The summed E-state index contributed by atoms with van der Waals surface area (Å²) in [4.78, 5) is 26.3. The van der Waals surface area contributed by atoms with Gasteiger partial charge in [-0.15, -0.1) is 11.3 Å². The van der Waals surface area contributed by atoms with Crippen molar-refractivity contribution in [2.75, 3.05) is 5.32 Å². The molecule has 6 nitrogen and oxygen atoms in total. The van der Waals surface area contributed by atoms with Crippen LogP contribution in [-0.2, 0) is 0 Å². The van der Waals surface area contributed by atoms with Crippen molar-refractivity contribution in [1.29, 1.82) is 0 Å². The minimum Gasteiger partial charge on any atom is -0.478 e. The van der Waals surface area contributed by atoms with Crippen LogP contribution in [0, 0.1) is 0 Å². The zero-order chi connectivity index (χ0) is 22.8. The Morgan fingerprint density at radius 2 is 1.88 bits per heavy atom. The van der Waals surface area contributed by atoms with Gasteiger partial charge in [0.05, 0.1) is 21.4 Å². The number of rotatable bonds is 6. The van der Waals surface area contributed by atoms with Crippen molar-refractivity contribution in [1.82, 2.24) is 15.0 Å². The molecule has 0 aliphatic heterocycles. The Hall–Kier alpha value is -3.00. The standard InChI is InChI=1S/C23H18Cl2N4O2S/c1-12(2)20-19(13-6-7-16(24)17(25)10-13)28-23(32-20)29-21-15(22(30)31)9-14(11-27-21)18-5-3-4-8-26-18/h3-12H,1-2H3,(H,30,31)(H,27,28,29). The lowest BCUT2D eigenvalue weighted by molar-refractivity contribution is 0.0697. The Morgan fingerprint density at radius 3 is 2.53 bits per heavy atom. The van der Waals surface area contributed by atoms with Crippen LogP contribution in [-0.4, -0.2) is 26.0 Å². The largest absolute Gasteiger partial charge is 0.478 e. The smallest absolute Gasteiger partial charge is 0.339 e. The molecule has 1 aromatic carbocycles. The Labute approximate surface area is 198 Å². The molecule has 0 spiro atoms. The van der Waals surface area contributed by atoms with Gasteiger partial charge in [0.15, 0.2) is 5.13 Å². The van der Waals surface area contributed by atoms with Gasteiger partial charge in [-0.1, -0.05) is 49.2 Å². The van der Waals surface area contributed by atoms with Crippen molar-refractivity contribution in [3.63, 3.8) is 0 Å². The van der Waals surface area contributed by atoms with E-state index in [1.165, 1.54) is 11.3 Å². The lowest BCUT2D eigenvalue weighted by Crippen LogP contribution is -2.05. The molecular formula is C23H18Cl2N4O2S. The Kier molecular flexibility index (Phi) is 6.41. The van der Waals surface area contributed by atoms with E-state index in [9.17, 15) is 9.90 Å². The SMILES string of the molecule is CC(C)c1sc(Nc2ncc(-c3ccccn3)cc2C(=O)O)nc1-c1ccc(Cl)c(Cl)c1. The minimum absolute atomic E-state index is 0.0329. The third-order valence-electron chi connectivity index (χ3n) is 4.67. The molecule has 9 heteroatoms. The number of hydrogen-bond donors (Lipinski definition) is 2. The average Bonchev–Trinajstić information content (AvgIpc) is 3.20. The van der Waals surface area contributed by atoms with E-state index in [1.54, 1.807) is 42.7 Å². The molecule has 0 saturated carbocycles. The highest BCUT2D eigenvalue weighted by Gasteiger charge is 2.20. The van der Waals surface area contributed by atoms with Crippen molar-refractivity contribution in [2.24, 2.45) is 0 Å². The molecule has 0 saturated heterocycles. The number of aromatic nitrogens is 3. The molecule has 2 N–H and O–H groups in total. The fraction of sp³-hybridized carbons (Fsp3) is 0.130. The topological polar surface area (TPSA) is 88.0 Å². The number of anilines is 2. The molecule has 0 bridgehead atoms. The number of carboxylic acids is 1. The van der Waals surface area contributed by atoms with Crippen LogP contribution in [0.5, 0.6) is 0 Å². The van der Waals surface area contributed by atoms with E-state index < -0.39 is 5.97 Å². The van der Waals surface area contributed by atoms with Gasteiger partial charge >= 0.3 is 5.97 Å². The summed E-state index contributed by atoms with van der Waals surface area (Å²) in [6, 6.07) is 12.4. The average molecular weight is 485 g/mol. The fourth-order valence-electron chi connectivity index (χ4n) is 3.13. The number of aromatic carboxylic acids is 1. The maximum Gasteiger partial charge on any atom is 0.339 e. The summed E-state index contributed by atoms with van der Waals surface area (Å²) in [6.45, 7) is 4.14. The number of pyridine rings is 2. The van der Waals surface area contributed by atoms with Gasteiger partial charge in [0, 0.05) is 28.4 Å². The predicted molar refractivity (Wildman–Crippen MR) is 129 cm³/mol. The number of hydrogen-bond acceptors (Lipinski definition) is 6. The second-order valence-electron chi connectivity index (χ2n) is 7.28. The third kappa shape index (κ3) is 4.60. The molecule has 0 atom stereocenters. The van der Waals surface area contributed by atoms with Crippen molar-refractivity contribution in [3.8, 4) is 22.5 Å². The van der Waals surface area contributed by atoms with Crippen LogP contribution in [0.3, 0.4) is 0 Å². The van der Waals surface area contributed by atoms with E-state index >= 15 is 0 Å². The zero-order valence-electron chi connectivity index (χ0n) is 17.1. The number of benzene rings is 1. The zero-order valence-corrected chi connectivity index (χ0v) is 19.5. The molecular weight excluding hydrogens is 467 g/mol. The van der Waals surface area contributed by atoms with Crippen molar-refractivity contribution in [3.05, 3.63) is 75.3 Å². The molecule has 0 amide bonds. The first-order valence-electron chi connectivity index (χ1n) is 9.71. The highest BCUT2D eigenvalue weighted by molar-refractivity contribution is 7.16. The summed E-state index contributed by atoms with van der Waals surface area (Å²) in [7, 11) is 0. The highest BCUT2D eigenvalue weighted by Crippen LogP contribution is 2.39. The molecule has 4 aromatic rings. The molecule has 4 rings (SSSR count). The van der Waals surface area contributed by atoms with Crippen molar-refractivity contribution in [2.45, 2.75) is 19.8 Å². The molecule has 0 radical (unpaired) electrons. The minimum atomic E-state index is -1.09. The quantitative estimate of drug-likeness (QED) is 0.302. The van der Waals surface area contributed by atoms with Crippen molar-refractivity contribution < 1.29 is 9.90 Å². The molecule has 3 aromatic heterocycles. The molecule has 32 heavy (non-hydrogen) atoms. The first-order valence-corrected chi connectivity index (χ1v) is 11.3. The number of nitrogens with zero attached hydrogens (tertiary/aromatic N) is 3. The van der Waals surface area contributed by atoms with Crippen LogP contribution in [0.15, 0.2) is 54.9 Å². The monoisotopic (exact) mass is 484 g/mol. The maximum atomic E-state index is 11.9. The highest BCUT2D eigenvalue weighted by atomic mass is 35.5. The lowest BCUT2D eigenvalue weighted by atomic mass is 10.1. The Bertz CT molecular complexity index is 1290. The van der Waals surface area contributed by atoms with Gasteiger partial charge in [-0.05, 0) is 36.2 Å². The molecule has 0 aliphatic carbocycles. The van der Waals surface area contributed by atoms with Gasteiger partial charge in [0.25, 0.3) is 0 Å². The molecule has 3 heterocycles. The van der Waals surface area contributed by atoms with Crippen molar-refractivity contribution >= 4 is 51.5 Å². The summed E-state index contributed by atoms with van der Waals surface area (Å²) in [6.07, 6.45) is 3.24. The number of nitrogens with one attached hydrogen (secondary N) is 1. The third-order valence-corrected chi connectivity index (χ3v) is 6.69. The Morgan fingerprint density at radius 1 is 1.06 bits per heavy atom. The lowest BCUT2D eigenvalue weighted by Gasteiger charge is -2.08. The number of carbonyl (C=O) groups is 1. The molecule has 0 aliphatic rings. The summed E-state index contributed by atoms with van der Waals surface area (Å²) in [5.41, 5.74) is 2.90. The second-order valence-corrected chi connectivity index (χ2v) is 9.13. The maximum absolute atomic E-state index is 11.9. The fourth-order valence-corrected chi connectivity index (χ4v) is 4.42. The molecule has 0 unspecified atom stereocenters. The van der Waals surface area contributed by atoms with E-state index in [0.717, 1.165) is 16.1 Å². The van der Waals surface area contributed by atoms with Gasteiger partial charge in [-0.2, -0.15) is 0 Å². The Balaban J connectivity index is 1.72. The van der Waals surface area contributed by atoms with Gasteiger partial charge in [0.2, 0.25) is 0 Å². The van der Waals surface area contributed by atoms with Crippen LogP contribution < -0.4 is 5.32 Å². The summed E-state index contributed by atoms with van der Waals surface area (Å²) < 4.78 is 0. The first-order chi connectivity index (χ1) is 15.3. The van der Waals surface area contributed by atoms with E-state index in [4.69, 9.17) is 28.2 Å². The number of thiazole rings is 1. The predicted octanol–water partition coefficient (Wildman–Crippen LogP) is 7.14. The second kappa shape index (κ2) is 9.24.